The highest BCUT2D eigenvalue weighted by molar-refractivity contribution is 7.20. The van der Waals surface area contributed by atoms with E-state index in [0.717, 1.165) is 22.0 Å². The summed E-state index contributed by atoms with van der Waals surface area (Å²) < 4.78 is 32.4. The predicted molar refractivity (Wildman–Crippen MR) is 101 cm³/mol. The third-order valence-corrected chi connectivity index (χ3v) is 5.14. The Hall–Kier alpha value is -2.29. The van der Waals surface area contributed by atoms with E-state index in [0.29, 0.717) is 10.4 Å². The highest BCUT2D eigenvalue weighted by Gasteiger charge is 2.26. The summed E-state index contributed by atoms with van der Waals surface area (Å²) in [6, 6.07) is 0. The van der Waals surface area contributed by atoms with Gasteiger partial charge in [-0.3, -0.25) is 13.9 Å². The minimum atomic E-state index is -1.83. The monoisotopic (exact) mass is 400 g/mol. The van der Waals surface area contributed by atoms with Gasteiger partial charge in [0, 0.05) is 13.1 Å². The number of ether oxygens (including phenoxy) is 1. The maximum atomic E-state index is 12.7. The van der Waals surface area contributed by atoms with Crippen LogP contribution in [0.15, 0.2) is 21.7 Å². The van der Waals surface area contributed by atoms with Gasteiger partial charge in [-0.05, 0) is 52.7 Å². The Morgan fingerprint density at radius 3 is 2.37 bits per heavy atom. The maximum absolute atomic E-state index is 12.7. The molecule has 0 fully saturated rings. The molecule has 148 valence electrons. The van der Waals surface area contributed by atoms with Gasteiger partial charge in [0.1, 0.15) is 15.3 Å². The number of aryl methyl sites for hydroxylation is 2. The largest absolute Gasteiger partial charge is 0.456 e. The first kappa shape index (κ1) is 21.0. The van der Waals surface area contributed by atoms with Gasteiger partial charge in [0.25, 0.3) is 11.6 Å². The van der Waals surface area contributed by atoms with Crippen LogP contribution in [-0.2, 0) is 17.8 Å². The average Bonchev–Trinajstić information content (AvgIpc) is 2.87. The zero-order valence-electron chi connectivity index (χ0n) is 15.9. The molecule has 0 bridgehead atoms. The Morgan fingerprint density at radius 2 is 1.85 bits per heavy atom. The van der Waals surface area contributed by atoms with Gasteiger partial charge in [-0.25, -0.2) is 9.59 Å². The molecule has 0 unspecified atom stereocenters. The molecule has 0 atom stereocenters. The molecule has 0 saturated heterocycles. The van der Waals surface area contributed by atoms with Gasteiger partial charge >= 0.3 is 11.7 Å². The molecule has 0 aliphatic heterocycles. The average molecular weight is 400 g/mol. The number of fused-ring (bicyclic) bond motifs is 1. The lowest BCUT2D eigenvalue weighted by atomic mass is 10.2. The molecule has 2 rings (SSSR count). The number of carbonyl (C=O) groups excluding carboxylic acids is 1. The van der Waals surface area contributed by atoms with Crippen molar-refractivity contribution in [1.82, 2.24) is 9.13 Å². The van der Waals surface area contributed by atoms with Gasteiger partial charge in [-0.2, -0.15) is 8.78 Å². The lowest BCUT2D eigenvalue weighted by molar-refractivity contribution is 0.00746. The first-order chi connectivity index (χ1) is 12.5. The number of rotatable bonds is 5. The van der Waals surface area contributed by atoms with E-state index in [1.54, 1.807) is 34.6 Å². The second-order valence-corrected chi connectivity index (χ2v) is 8.00. The van der Waals surface area contributed by atoms with Crippen LogP contribution in [0.5, 0.6) is 0 Å². The molecule has 6 nitrogen and oxygen atoms in total. The molecule has 0 aliphatic rings. The first-order valence-electron chi connectivity index (χ1n) is 8.49. The van der Waals surface area contributed by atoms with Crippen LogP contribution in [0.1, 0.15) is 49.4 Å². The number of aromatic nitrogens is 2. The Morgan fingerprint density at radius 1 is 1.22 bits per heavy atom. The minimum Gasteiger partial charge on any atom is -0.456 e. The zero-order chi connectivity index (χ0) is 20.5. The lowest BCUT2D eigenvalue weighted by Crippen LogP contribution is -2.39. The third-order valence-electron chi connectivity index (χ3n) is 3.85. The van der Waals surface area contributed by atoms with Crippen LogP contribution in [0.3, 0.4) is 0 Å². The predicted octanol–water partition coefficient (Wildman–Crippen LogP) is 3.68. The second kappa shape index (κ2) is 7.75. The van der Waals surface area contributed by atoms with Gasteiger partial charge in [0.2, 0.25) is 0 Å². The van der Waals surface area contributed by atoms with Gasteiger partial charge < -0.3 is 4.74 Å². The van der Waals surface area contributed by atoms with Crippen molar-refractivity contribution in [2.75, 3.05) is 0 Å². The fourth-order valence-electron chi connectivity index (χ4n) is 2.69. The highest BCUT2D eigenvalue weighted by atomic mass is 32.1. The summed E-state index contributed by atoms with van der Waals surface area (Å²) in [4.78, 5) is 38.4. The number of hydrogen-bond acceptors (Lipinski definition) is 5. The number of halogens is 2. The van der Waals surface area contributed by atoms with E-state index in [1.807, 2.05) is 0 Å². The molecule has 9 heteroatoms. The number of esters is 1. The number of hydrogen-bond donors (Lipinski definition) is 0. The Bertz CT molecular complexity index is 1020. The summed E-state index contributed by atoms with van der Waals surface area (Å²) >= 11 is 0.973. The smallest absolute Gasteiger partial charge is 0.349 e. The van der Waals surface area contributed by atoms with Crippen molar-refractivity contribution >= 4 is 27.5 Å². The van der Waals surface area contributed by atoms with Crippen molar-refractivity contribution in [2.24, 2.45) is 0 Å². The van der Waals surface area contributed by atoms with Crippen molar-refractivity contribution in [3.63, 3.8) is 0 Å². The Labute approximate surface area is 158 Å². The van der Waals surface area contributed by atoms with Gasteiger partial charge in [-0.15, -0.1) is 11.3 Å². The van der Waals surface area contributed by atoms with Crippen molar-refractivity contribution < 1.29 is 18.3 Å². The fraction of sp³-hybridized carbons (Fsp3) is 0.500. The number of nitrogens with zero attached hydrogens (tertiary/aromatic N) is 2. The van der Waals surface area contributed by atoms with E-state index < -0.39 is 28.9 Å². The van der Waals surface area contributed by atoms with E-state index in [1.165, 1.54) is 4.57 Å². The Balaban J connectivity index is 2.72. The number of allylic oxidation sites excluding steroid dienone is 1. The normalized spacial score (nSPS) is 11.7. The summed E-state index contributed by atoms with van der Waals surface area (Å²) in [6.45, 7) is 8.56. The third kappa shape index (κ3) is 4.35. The summed E-state index contributed by atoms with van der Waals surface area (Å²) in [5.74, 6) is -0.586. The molecule has 0 radical (unpaired) electrons. The summed E-state index contributed by atoms with van der Waals surface area (Å²) in [5.41, 5.74) is -1.37. The van der Waals surface area contributed by atoms with Crippen LogP contribution in [0.25, 0.3) is 10.2 Å². The molecule has 0 amide bonds. The van der Waals surface area contributed by atoms with Crippen molar-refractivity contribution in [2.45, 2.75) is 59.7 Å². The second-order valence-electron chi connectivity index (χ2n) is 7.00. The van der Waals surface area contributed by atoms with Crippen LogP contribution < -0.4 is 11.2 Å². The standard InChI is InChI=1S/C18H22F2N2O4S/c1-6-21-14(23)12-10(2)13(16(24)26-18(3,4)5)27-15(12)22(17(21)25)9-7-8-11(19)20/h8H,6-7,9H2,1-5H3. The summed E-state index contributed by atoms with van der Waals surface area (Å²) in [6.07, 6.45) is -1.19. The van der Waals surface area contributed by atoms with Crippen LogP contribution in [0.4, 0.5) is 8.78 Å². The summed E-state index contributed by atoms with van der Waals surface area (Å²) in [7, 11) is 0. The van der Waals surface area contributed by atoms with E-state index in [4.69, 9.17) is 4.74 Å². The molecular formula is C18H22F2N2O4S. The number of carbonyl (C=O) groups is 1. The van der Waals surface area contributed by atoms with Crippen molar-refractivity contribution in [1.29, 1.82) is 0 Å². The summed E-state index contributed by atoms with van der Waals surface area (Å²) in [5, 5.41) is 0.243. The SMILES string of the molecule is CCn1c(=O)c2c(C)c(C(=O)OC(C)(C)C)sc2n(CCC=C(F)F)c1=O. The van der Waals surface area contributed by atoms with Crippen molar-refractivity contribution in [3.8, 4) is 0 Å². The molecule has 2 aromatic heterocycles. The van der Waals surface area contributed by atoms with Crippen LogP contribution in [-0.4, -0.2) is 20.7 Å². The molecule has 0 aromatic carbocycles. The zero-order valence-corrected chi connectivity index (χ0v) is 16.7. The van der Waals surface area contributed by atoms with Gasteiger partial charge in [-0.1, -0.05) is 0 Å². The fourth-order valence-corrected chi connectivity index (χ4v) is 3.89. The first-order valence-corrected chi connectivity index (χ1v) is 9.30. The van der Waals surface area contributed by atoms with Crippen LogP contribution in [0, 0.1) is 6.92 Å². The quantitative estimate of drug-likeness (QED) is 0.718. The van der Waals surface area contributed by atoms with E-state index >= 15 is 0 Å². The molecule has 0 N–H and O–H groups in total. The molecule has 2 heterocycles. The topological polar surface area (TPSA) is 70.3 Å². The van der Waals surface area contributed by atoms with Crippen molar-refractivity contribution in [3.05, 3.63) is 43.4 Å². The van der Waals surface area contributed by atoms with Gasteiger partial charge in [0.15, 0.2) is 0 Å². The highest BCUT2D eigenvalue weighted by Crippen LogP contribution is 2.29. The van der Waals surface area contributed by atoms with Crippen LogP contribution in [0.2, 0.25) is 0 Å². The van der Waals surface area contributed by atoms with Gasteiger partial charge in [0.05, 0.1) is 5.39 Å². The molecule has 0 spiro atoms. The molecule has 0 saturated carbocycles. The van der Waals surface area contributed by atoms with Crippen LogP contribution >= 0.6 is 11.3 Å². The van der Waals surface area contributed by atoms with E-state index in [2.05, 4.69) is 0 Å². The molecule has 2 aromatic rings. The molecular weight excluding hydrogens is 378 g/mol. The molecule has 27 heavy (non-hydrogen) atoms. The lowest BCUT2D eigenvalue weighted by Gasteiger charge is -2.19. The minimum absolute atomic E-state index is 0.0271. The van der Waals surface area contributed by atoms with E-state index in [-0.39, 0.29) is 29.8 Å². The Kier molecular flexibility index (Phi) is 6.04. The van der Waals surface area contributed by atoms with E-state index in [9.17, 15) is 23.2 Å². The number of thiophene rings is 1. The maximum Gasteiger partial charge on any atom is 0.349 e. The molecule has 0 aliphatic carbocycles.